The summed E-state index contributed by atoms with van der Waals surface area (Å²) >= 11 is 0. The van der Waals surface area contributed by atoms with Crippen molar-refractivity contribution in [1.29, 1.82) is 5.26 Å². The van der Waals surface area contributed by atoms with E-state index in [9.17, 15) is 18.8 Å². The van der Waals surface area contributed by atoms with Gasteiger partial charge in [-0.1, -0.05) is 0 Å². The van der Waals surface area contributed by atoms with E-state index < -0.39 is 23.7 Å². The Morgan fingerprint density at radius 2 is 2.05 bits per heavy atom. The molecule has 9 nitrogen and oxygen atoms in total. The van der Waals surface area contributed by atoms with Crippen LogP contribution in [0.5, 0.6) is 11.8 Å². The molecule has 0 aromatic carbocycles. The number of amides is 1. The molecule has 202 valence electrons. The van der Waals surface area contributed by atoms with E-state index >= 15 is 0 Å². The summed E-state index contributed by atoms with van der Waals surface area (Å²) in [6.45, 7) is 7.59. The number of halogens is 2. The van der Waals surface area contributed by atoms with Crippen molar-refractivity contribution < 1.29 is 27.8 Å². The second-order valence-corrected chi connectivity index (χ2v) is 10.8. The van der Waals surface area contributed by atoms with E-state index in [1.165, 1.54) is 6.07 Å². The Morgan fingerprint density at radius 1 is 1.35 bits per heavy atom. The Labute approximate surface area is 217 Å². The Morgan fingerprint density at radius 3 is 2.65 bits per heavy atom. The average Bonchev–Trinajstić information content (AvgIpc) is 3.08. The first-order valence-electron chi connectivity index (χ1n) is 12.4. The van der Waals surface area contributed by atoms with Gasteiger partial charge in [0.25, 0.3) is 5.92 Å². The predicted molar refractivity (Wildman–Crippen MR) is 131 cm³/mol. The third kappa shape index (κ3) is 7.90. The molecule has 4 atom stereocenters. The minimum absolute atomic E-state index is 0.0858. The molecule has 1 aromatic heterocycles. The summed E-state index contributed by atoms with van der Waals surface area (Å²) < 4.78 is 44.8. The van der Waals surface area contributed by atoms with E-state index in [2.05, 4.69) is 15.9 Å². The van der Waals surface area contributed by atoms with Gasteiger partial charge in [0.15, 0.2) is 0 Å². The number of nitrogens with zero attached hydrogens (tertiary/aromatic N) is 5. The van der Waals surface area contributed by atoms with Crippen molar-refractivity contribution in [2.45, 2.75) is 83.1 Å². The third-order valence-electron chi connectivity index (χ3n) is 6.46. The van der Waals surface area contributed by atoms with Crippen molar-refractivity contribution in [2.75, 3.05) is 26.7 Å². The van der Waals surface area contributed by atoms with Crippen LogP contribution in [0, 0.1) is 29.6 Å². The number of rotatable bonds is 7. The zero-order valence-electron chi connectivity index (χ0n) is 22.0. The second-order valence-electron chi connectivity index (χ2n) is 10.8. The number of likely N-dealkylation sites (tertiary alicyclic amines) is 2. The SMILES string of the molecule is C#CC[C@@H]1C[C@@H](COc2cc(O[C@@H](C)[C@@H]3CC(F)(F)CN3C)nc(C#N)n2)CCN1C(=O)OC(C)(C)C. The summed E-state index contributed by atoms with van der Waals surface area (Å²) in [6.07, 6.45) is 5.96. The van der Waals surface area contributed by atoms with Crippen LogP contribution >= 0.6 is 0 Å². The molecule has 0 unspecified atom stereocenters. The number of alkyl halides is 2. The number of ether oxygens (including phenoxy) is 3. The Bertz CT molecular complexity index is 1050. The van der Waals surface area contributed by atoms with E-state index in [1.54, 1.807) is 23.8 Å². The highest BCUT2D eigenvalue weighted by Gasteiger charge is 2.46. The zero-order valence-corrected chi connectivity index (χ0v) is 22.0. The molecule has 0 saturated carbocycles. The van der Waals surface area contributed by atoms with Crippen LogP contribution in [0.15, 0.2) is 6.07 Å². The molecule has 2 aliphatic rings. The smallest absolute Gasteiger partial charge is 0.410 e. The van der Waals surface area contributed by atoms with Gasteiger partial charge < -0.3 is 19.1 Å². The lowest BCUT2D eigenvalue weighted by molar-refractivity contribution is 0.00226. The highest BCUT2D eigenvalue weighted by molar-refractivity contribution is 5.68. The quantitative estimate of drug-likeness (QED) is 0.501. The van der Waals surface area contributed by atoms with Crippen LogP contribution in [-0.2, 0) is 4.74 Å². The predicted octanol–water partition coefficient (Wildman–Crippen LogP) is 3.87. The van der Waals surface area contributed by atoms with Crippen LogP contribution in [0.3, 0.4) is 0 Å². The van der Waals surface area contributed by atoms with Crippen molar-refractivity contribution >= 4 is 6.09 Å². The van der Waals surface area contributed by atoms with E-state index in [-0.39, 0.29) is 55.2 Å². The summed E-state index contributed by atoms with van der Waals surface area (Å²) in [5, 5.41) is 9.35. The van der Waals surface area contributed by atoms with E-state index in [4.69, 9.17) is 20.6 Å². The fraction of sp³-hybridized carbons (Fsp3) is 0.692. The summed E-state index contributed by atoms with van der Waals surface area (Å²) in [4.78, 5) is 24.0. The van der Waals surface area contributed by atoms with Gasteiger partial charge in [0.1, 0.15) is 17.8 Å². The molecule has 0 N–H and O–H groups in total. The number of carbonyl (C=O) groups is 1. The number of hydrogen-bond donors (Lipinski definition) is 0. The van der Waals surface area contributed by atoms with Gasteiger partial charge in [-0.3, -0.25) is 4.90 Å². The summed E-state index contributed by atoms with van der Waals surface area (Å²) in [5.74, 6) is 0.0542. The van der Waals surface area contributed by atoms with Crippen molar-refractivity contribution in [2.24, 2.45) is 5.92 Å². The molecule has 2 saturated heterocycles. The van der Waals surface area contributed by atoms with Crippen molar-refractivity contribution in [1.82, 2.24) is 19.8 Å². The van der Waals surface area contributed by atoms with Crippen LogP contribution < -0.4 is 9.47 Å². The topological polar surface area (TPSA) is 101 Å². The Balaban J connectivity index is 1.63. The fourth-order valence-electron chi connectivity index (χ4n) is 4.77. The summed E-state index contributed by atoms with van der Waals surface area (Å²) in [5.41, 5.74) is -0.603. The Hall–Kier alpha value is -3.18. The van der Waals surface area contributed by atoms with Gasteiger partial charge in [0, 0.05) is 25.4 Å². The average molecular weight is 520 g/mol. The molecule has 1 aromatic rings. The van der Waals surface area contributed by atoms with E-state index in [0.29, 0.717) is 25.8 Å². The normalized spacial score (nSPS) is 24.6. The first-order chi connectivity index (χ1) is 17.3. The van der Waals surface area contributed by atoms with Crippen molar-refractivity contribution in [3.63, 3.8) is 0 Å². The molecule has 2 aliphatic heterocycles. The van der Waals surface area contributed by atoms with Crippen LogP contribution in [-0.4, -0.2) is 82.3 Å². The maximum atomic E-state index is 13.8. The van der Waals surface area contributed by atoms with Gasteiger partial charge in [0.2, 0.25) is 17.6 Å². The first kappa shape index (κ1) is 28.4. The molecular weight excluding hydrogens is 484 g/mol. The second kappa shape index (κ2) is 11.5. The first-order valence-corrected chi connectivity index (χ1v) is 12.4. The molecule has 3 rings (SSSR count). The van der Waals surface area contributed by atoms with Crippen molar-refractivity contribution in [3.05, 3.63) is 11.9 Å². The van der Waals surface area contributed by atoms with Gasteiger partial charge in [-0.05, 0) is 53.5 Å². The van der Waals surface area contributed by atoms with Crippen LogP contribution in [0.2, 0.25) is 0 Å². The number of hydrogen-bond acceptors (Lipinski definition) is 8. The number of aromatic nitrogens is 2. The molecule has 11 heteroatoms. The van der Waals surface area contributed by atoms with Gasteiger partial charge in [-0.25, -0.2) is 13.6 Å². The third-order valence-corrected chi connectivity index (χ3v) is 6.46. The van der Waals surface area contributed by atoms with E-state index in [0.717, 1.165) is 0 Å². The Kier molecular flexibility index (Phi) is 8.80. The number of carbonyl (C=O) groups excluding carboxylic acids is 1. The molecule has 1 amide bonds. The fourth-order valence-corrected chi connectivity index (χ4v) is 4.77. The van der Waals surface area contributed by atoms with Crippen LogP contribution in [0.4, 0.5) is 13.6 Å². The minimum Gasteiger partial charge on any atom is -0.477 e. The lowest BCUT2D eigenvalue weighted by Crippen LogP contribution is -2.48. The highest BCUT2D eigenvalue weighted by Crippen LogP contribution is 2.34. The molecule has 2 fully saturated rings. The number of piperidine rings is 1. The van der Waals surface area contributed by atoms with E-state index in [1.807, 2.05) is 26.8 Å². The van der Waals surface area contributed by atoms with Crippen molar-refractivity contribution in [3.8, 4) is 30.2 Å². The van der Waals surface area contributed by atoms with Crippen LogP contribution in [0.1, 0.15) is 59.2 Å². The molecule has 37 heavy (non-hydrogen) atoms. The molecule has 0 spiro atoms. The van der Waals surface area contributed by atoms with Gasteiger partial charge in [-0.15, -0.1) is 12.3 Å². The number of nitriles is 1. The maximum Gasteiger partial charge on any atom is 0.410 e. The van der Waals surface area contributed by atoms with Gasteiger partial charge >= 0.3 is 6.09 Å². The lowest BCUT2D eigenvalue weighted by Gasteiger charge is -2.39. The summed E-state index contributed by atoms with van der Waals surface area (Å²) in [6, 6.07) is 2.66. The largest absolute Gasteiger partial charge is 0.477 e. The number of terminal acetylenes is 1. The highest BCUT2D eigenvalue weighted by atomic mass is 19.3. The standard InChI is InChI=1S/C26H35F2N5O4/c1-7-8-19-11-18(9-10-33(19)24(34)37-25(3,4)5)15-35-22-12-23(31-21(14-29)30-22)36-17(2)20-13-26(27,28)16-32(20)6/h1,12,17-20H,8-11,13,15-16H2,2-6H3/t17-,18-,19+,20-/m0/s1. The number of likely N-dealkylation sites (N-methyl/N-ethyl adjacent to an activating group) is 1. The molecule has 0 bridgehead atoms. The van der Waals surface area contributed by atoms with Crippen LogP contribution in [0.25, 0.3) is 0 Å². The monoisotopic (exact) mass is 519 g/mol. The van der Waals surface area contributed by atoms with Gasteiger partial charge in [-0.2, -0.15) is 15.2 Å². The summed E-state index contributed by atoms with van der Waals surface area (Å²) in [7, 11) is 1.63. The maximum absolute atomic E-state index is 13.8. The zero-order chi connectivity index (χ0) is 27.4. The minimum atomic E-state index is -2.77. The lowest BCUT2D eigenvalue weighted by atomic mass is 9.90. The molecule has 0 radical (unpaired) electrons. The molecule has 0 aliphatic carbocycles. The van der Waals surface area contributed by atoms with Gasteiger partial charge in [0.05, 0.1) is 25.3 Å². The molecule has 3 heterocycles. The molecular formula is C26H35F2N5O4.